The van der Waals surface area contributed by atoms with Gasteiger partial charge in [-0.3, -0.25) is 4.79 Å². The number of imidazole rings is 1. The Kier molecular flexibility index (Phi) is 7.31. The average Bonchev–Trinajstić information content (AvgIpc) is 3.32. The Balaban J connectivity index is 1.63. The summed E-state index contributed by atoms with van der Waals surface area (Å²) in [5, 5.41) is 23.2. The van der Waals surface area contributed by atoms with Crippen molar-refractivity contribution in [3.63, 3.8) is 0 Å². The summed E-state index contributed by atoms with van der Waals surface area (Å²) in [6.07, 6.45) is 0.667. The van der Waals surface area contributed by atoms with Gasteiger partial charge in [0.1, 0.15) is 12.4 Å². The third-order valence-corrected chi connectivity index (χ3v) is 5.35. The minimum Gasteiger partial charge on any atom is -0.395 e. The summed E-state index contributed by atoms with van der Waals surface area (Å²) in [6, 6.07) is 9.50. The summed E-state index contributed by atoms with van der Waals surface area (Å²) in [5.41, 5.74) is 1.22. The van der Waals surface area contributed by atoms with Crippen molar-refractivity contribution in [2.45, 2.75) is 13.2 Å². The van der Waals surface area contributed by atoms with E-state index in [1.54, 1.807) is 31.3 Å². The first-order valence-electron chi connectivity index (χ1n) is 10.9. The lowest BCUT2D eigenvalue weighted by Gasteiger charge is -2.35. The van der Waals surface area contributed by atoms with Gasteiger partial charge in [-0.05, 0) is 37.3 Å². The summed E-state index contributed by atoms with van der Waals surface area (Å²) < 4.78 is 25.2. The van der Waals surface area contributed by atoms with E-state index in [0.717, 1.165) is 0 Å². The second-order valence-electron chi connectivity index (χ2n) is 8.12. The van der Waals surface area contributed by atoms with Crippen molar-refractivity contribution in [3.8, 4) is 28.7 Å². The van der Waals surface area contributed by atoms with E-state index >= 15 is 0 Å². The zero-order valence-corrected chi connectivity index (χ0v) is 18.9. The highest BCUT2D eigenvalue weighted by Gasteiger charge is 2.40. The molecule has 0 aliphatic carbocycles. The number of aromatic amines is 1. The fourth-order valence-electron chi connectivity index (χ4n) is 3.49. The number of nitrogens with zero attached hydrogens (tertiary/aromatic N) is 4. The number of carbonyl (C=O) groups is 1. The molecule has 0 spiro atoms. The normalized spacial score (nSPS) is 19.7. The maximum absolute atomic E-state index is 13.5. The van der Waals surface area contributed by atoms with Crippen LogP contribution in [0.4, 0.5) is 10.3 Å². The molecule has 0 unspecified atom stereocenters. The van der Waals surface area contributed by atoms with Crippen molar-refractivity contribution < 1.29 is 23.8 Å². The molecule has 0 radical (unpaired) electrons. The van der Waals surface area contributed by atoms with Crippen LogP contribution in [0.15, 0.2) is 36.5 Å². The van der Waals surface area contributed by atoms with Crippen LogP contribution in [0.25, 0.3) is 22.6 Å². The molecule has 1 amide bonds. The molecule has 12 heteroatoms. The number of hydrogen-bond acceptors (Lipinski definition) is 9. The molecule has 11 nitrogen and oxygen atoms in total. The zero-order valence-electron chi connectivity index (χ0n) is 18.9. The van der Waals surface area contributed by atoms with Crippen molar-refractivity contribution in [1.29, 1.82) is 5.26 Å². The van der Waals surface area contributed by atoms with Crippen LogP contribution < -0.4 is 10.6 Å². The smallest absolute Gasteiger partial charge is 0.230 e. The molecule has 1 aliphatic rings. The van der Waals surface area contributed by atoms with Gasteiger partial charge in [0.2, 0.25) is 18.1 Å². The first-order chi connectivity index (χ1) is 16.9. The number of nitriles is 1. The number of hydrogen-bond donors (Lipinski definition) is 4. The number of rotatable bonds is 8. The third kappa shape index (κ3) is 5.43. The second-order valence-corrected chi connectivity index (χ2v) is 8.12. The van der Waals surface area contributed by atoms with Crippen LogP contribution in [0.1, 0.15) is 19.0 Å². The van der Waals surface area contributed by atoms with Crippen molar-refractivity contribution in [2.75, 3.05) is 38.2 Å². The lowest BCUT2D eigenvalue weighted by atomic mass is 9.91. The highest BCUT2D eigenvalue weighted by Crippen LogP contribution is 2.35. The Bertz CT molecular complexity index is 1220. The minimum absolute atomic E-state index is 0.0386. The van der Waals surface area contributed by atoms with Crippen LogP contribution in [0.2, 0.25) is 0 Å². The van der Waals surface area contributed by atoms with E-state index in [0.29, 0.717) is 28.5 Å². The summed E-state index contributed by atoms with van der Waals surface area (Å²) in [7, 11) is 0. The summed E-state index contributed by atoms with van der Waals surface area (Å²) >= 11 is 0. The van der Waals surface area contributed by atoms with Gasteiger partial charge in [0.25, 0.3) is 0 Å². The molecule has 3 aromatic rings. The molecule has 4 rings (SSSR count). The monoisotopic (exact) mass is 481 g/mol. The van der Waals surface area contributed by atoms with Gasteiger partial charge in [-0.15, -0.1) is 0 Å². The predicted molar refractivity (Wildman–Crippen MR) is 122 cm³/mol. The highest BCUT2D eigenvalue weighted by atomic mass is 19.1. The van der Waals surface area contributed by atoms with Gasteiger partial charge in [-0.1, -0.05) is 0 Å². The lowest BCUT2D eigenvalue weighted by Crippen LogP contribution is -2.49. The van der Waals surface area contributed by atoms with E-state index in [9.17, 15) is 9.18 Å². The van der Waals surface area contributed by atoms with Crippen molar-refractivity contribution in [1.82, 2.24) is 25.3 Å². The van der Waals surface area contributed by atoms with E-state index in [1.807, 2.05) is 6.07 Å². The van der Waals surface area contributed by atoms with Gasteiger partial charge in [-0.25, -0.2) is 19.3 Å². The number of benzene rings is 1. The number of aromatic nitrogens is 4. The Morgan fingerprint density at radius 3 is 2.71 bits per heavy atom. The topological polar surface area (TPSA) is 158 Å². The van der Waals surface area contributed by atoms with Gasteiger partial charge in [-0.2, -0.15) is 5.26 Å². The maximum atomic E-state index is 13.5. The molecule has 0 atom stereocenters. The number of carbonyl (C=O) groups excluding carboxylic acids is 1. The zero-order chi connectivity index (χ0) is 24.8. The molecule has 35 heavy (non-hydrogen) atoms. The molecule has 4 N–H and O–H groups in total. The van der Waals surface area contributed by atoms with Gasteiger partial charge < -0.3 is 30.2 Å². The summed E-state index contributed by atoms with van der Waals surface area (Å²) in [6.45, 7) is 1.88. The van der Waals surface area contributed by atoms with Gasteiger partial charge in [0.15, 0.2) is 5.82 Å². The number of ether oxygens (including phenoxy) is 2. The number of anilines is 1. The fraction of sp³-hybridized carbons (Fsp3) is 0.348. The van der Waals surface area contributed by atoms with Crippen LogP contribution in [-0.2, 0) is 14.3 Å². The molecule has 3 heterocycles. The van der Waals surface area contributed by atoms with Crippen LogP contribution in [0.3, 0.4) is 0 Å². The molecule has 182 valence electrons. The first-order valence-corrected chi connectivity index (χ1v) is 10.9. The lowest BCUT2D eigenvalue weighted by molar-refractivity contribution is -0.231. The Hall–Kier alpha value is -3.92. The highest BCUT2D eigenvalue weighted by molar-refractivity contribution is 5.82. The molecular formula is C23H24FN7O4. The van der Waals surface area contributed by atoms with Crippen LogP contribution in [-0.4, -0.2) is 63.9 Å². The summed E-state index contributed by atoms with van der Waals surface area (Å²) in [4.78, 5) is 28.8. The predicted octanol–water partition coefficient (Wildman–Crippen LogP) is 1.77. The van der Waals surface area contributed by atoms with E-state index in [2.05, 4.69) is 30.6 Å². The third-order valence-electron chi connectivity index (χ3n) is 5.35. The van der Waals surface area contributed by atoms with E-state index in [1.165, 1.54) is 12.1 Å². The van der Waals surface area contributed by atoms with Gasteiger partial charge in [0, 0.05) is 18.3 Å². The first kappa shape index (κ1) is 24.2. The Morgan fingerprint density at radius 1 is 1.29 bits per heavy atom. The molecular weight excluding hydrogens is 457 g/mol. The number of nitrogens with one attached hydrogen (secondary N) is 3. The second kappa shape index (κ2) is 10.6. The van der Waals surface area contributed by atoms with E-state index in [-0.39, 0.29) is 50.6 Å². The maximum Gasteiger partial charge on any atom is 0.230 e. The molecule has 1 aromatic carbocycles. The minimum atomic E-state index is -0.922. The van der Waals surface area contributed by atoms with Gasteiger partial charge in [0.05, 0.1) is 48.4 Å². The van der Waals surface area contributed by atoms with Crippen LogP contribution in [0, 0.1) is 22.6 Å². The van der Waals surface area contributed by atoms with Crippen molar-refractivity contribution in [3.05, 3.63) is 48.2 Å². The molecule has 0 saturated carbocycles. The number of H-pyrrole nitrogens is 1. The molecule has 1 aliphatic heterocycles. The van der Waals surface area contributed by atoms with Crippen molar-refractivity contribution >= 4 is 11.9 Å². The quantitative estimate of drug-likeness (QED) is 0.352. The van der Waals surface area contributed by atoms with Crippen LogP contribution >= 0.6 is 0 Å². The van der Waals surface area contributed by atoms with E-state index in [4.69, 9.17) is 19.8 Å². The Labute approximate surface area is 200 Å². The SMILES string of the molecule is CC1(C(=O)NCCO)COC(c2nc(-c3ccc(F)cc3)c(-c3ccnc(NCC#N)n3)[nH]2)OC1. The molecule has 1 saturated heterocycles. The van der Waals surface area contributed by atoms with Gasteiger partial charge >= 0.3 is 0 Å². The summed E-state index contributed by atoms with van der Waals surface area (Å²) in [5.74, 6) is -0.0494. The number of aliphatic hydroxyl groups excluding tert-OH is 1. The molecule has 1 fully saturated rings. The molecule has 2 aromatic heterocycles. The average molecular weight is 481 g/mol. The largest absolute Gasteiger partial charge is 0.395 e. The fourth-order valence-corrected chi connectivity index (χ4v) is 3.49. The standard InChI is InChI=1S/C23H24FN7O4/c1-23(21(33)26-10-11-32)12-34-20(35-13-23)19-30-17(14-2-4-15(24)5-3-14)18(31-19)16-6-8-27-22(29-16)28-9-7-25/h2-6,8,20,32H,9-13H2,1H3,(H,26,33)(H,30,31)(H,27,28,29). The van der Waals surface area contributed by atoms with Crippen LogP contribution in [0.5, 0.6) is 0 Å². The number of amides is 1. The van der Waals surface area contributed by atoms with E-state index < -0.39 is 11.7 Å². The number of halogens is 1. The Morgan fingerprint density at radius 2 is 2.03 bits per heavy atom. The molecule has 0 bridgehead atoms. The van der Waals surface area contributed by atoms with Crippen molar-refractivity contribution in [2.24, 2.45) is 5.41 Å². The number of aliphatic hydroxyl groups is 1.